The number of hydrogen-bond acceptors (Lipinski definition) is 3. The first-order valence-corrected chi connectivity index (χ1v) is 6.80. The first kappa shape index (κ1) is 14.8. The van der Waals surface area contributed by atoms with E-state index in [0.29, 0.717) is 6.54 Å². The molecule has 1 fully saturated rings. The molecule has 1 aliphatic heterocycles. The standard InChI is InChI=1S/C13H23NO4/c1-2-3-4-5-6-7-8-14-10-11(9-12(14)15)18-13(16)17/h11H,2-10H2,1H3,(H,16,17). The lowest BCUT2D eigenvalue weighted by atomic mass is 10.1. The Morgan fingerprint density at radius 1 is 1.33 bits per heavy atom. The average molecular weight is 257 g/mol. The fraction of sp³-hybridized carbons (Fsp3) is 0.846. The fourth-order valence-corrected chi connectivity index (χ4v) is 2.26. The summed E-state index contributed by atoms with van der Waals surface area (Å²) in [7, 11) is 0. The Bertz CT molecular complexity index is 280. The van der Waals surface area contributed by atoms with Crippen LogP contribution in [0.5, 0.6) is 0 Å². The van der Waals surface area contributed by atoms with E-state index in [0.717, 1.165) is 19.4 Å². The molecule has 1 unspecified atom stereocenters. The van der Waals surface area contributed by atoms with Crippen molar-refractivity contribution in [2.24, 2.45) is 0 Å². The van der Waals surface area contributed by atoms with Gasteiger partial charge >= 0.3 is 6.16 Å². The monoisotopic (exact) mass is 257 g/mol. The zero-order valence-electron chi connectivity index (χ0n) is 11.1. The van der Waals surface area contributed by atoms with E-state index in [-0.39, 0.29) is 12.3 Å². The van der Waals surface area contributed by atoms with E-state index in [9.17, 15) is 9.59 Å². The molecule has 0 aromatic carbocycles. The van der Waals surface area contributed by atoms with Crippen molar-refractivity contribution in [3.8, 4) is 0 Å². The number of rotatable bonds is 8. The van der Waals surface area contributed by atoms with Crippen molar-refractivity contribution in [1.29, 1.82) is 0 Å². The van der Waals surface area contributed by atoms with Crippen molar-refractivity contribution < 1.29 is 19.4 Å². The Balaban J connectivity index is 2.11. The highest BCUT2D eigenvalue weighted by molar-refractivity contribution is 5.79. The highest BCUT2D eigenvalue weighted by Gasteiger charge is 2.31. The largest absolute Gasteiger partial charge is 0.506 e. The van der Waals surface area contributed by atoms with E-state index in [2.05, 4.69) is 11.7 Å². The number of likely N-dealkylation sites (tertiary alicyclic amines) is 1. The number of carbonyl (C=O) groups is 2. The van der Waals surface area contributed by atoms with Crippen LogP contribution in [-0.4, -0.2) is 41.3 Å². The Hall–Kier alpha value is -1.26. The van der Waals surface area contributed by atoms with Gasteiger partial charge in [0.1, 0.15) is 6.10 Å². The zero-order chi connectivity index (χ0) is 13.4. The molecule has 5 heteroatoms. The van der Waals surface area contributed by atoms with Gasteiger partial charge in [0, 0.05) is 6.54 Å². The normalized spacial score (nSPS) is 19.3. The third-order valence-corrected chi connectivity index (χ3v) is 3.23. The van der Waals surface area contributed by atoms with E-state index < -0.39 is 12.3 Å². The van der Waals surface area contributed by atoms with Gasteiger partial charge in [0.2, 0.25) is 5.91 Å². The molecule has 0 bridgehead atoms. The minimum atomic E-state index is -1.30. The number of amides is 1. The Morgan fingerprint density at radius 3 is 2.67 bits per heavy atom. The van der Waals surface area contributed by atoms with Gasteiger partial charge in [0.15, 0.2) is 0 Å². The van der Waals surface area contributed by atoms with Gasteiger partial charge in [0.25, 0.3) is 0 Å². The summed E-state index contributed by atoms with van der Waals surface area (Å²) >= 11 is 0. The van der Waals surface area contributed by atoms with Crippen molar-refractivity contribution in [2.75, 3.05) is 13.1 Å². The summed E-state index contributed by atoms with van der Waals surface area (Å²) in [6.45, 7) is 3.33. The highest BCUT2D eigenvalue weighted by Crippen LogP contribution is 2.16. The second-order valence-corrected chi connectivity index (χ2v) is 4.82. The summed E-state index contributed by atoms with van der Waals surface area (Å²) in [5.41, 5.74) is 0. The lowest BCUT2D eigenvalue weighted by Gasteiger charge is -2.15. The lowest BCUT2D eigenvalue weighted by molar-refractivity contribution is -0.127. The van der Waals surface area contributed by atoms with Gasteiger partial charge in [-0.2, -0.15) is 0 Å². The smallest absolute Gasteiger partial charge is 0.450 e. The van der Waals surface area contributed by atoms with Crippen LogP contribution in [0.4, 0.5) is 4.79 Å². The zero-order valence-corrected chi connectivity index (χ0v) is 11.1. The molecule has 104 valence electrons. The second-order valence-electron chi connectivity index (χ2n) is 4.82. The van der Waals surface area contributed by atoms with Crippen LogP contribution in [0, 0.1) is 0 Å². The topological polar surface area (TPSA) is 66.8 Å². The molecule has 0 radical (unpaired) electrons. The van der Waals surface area contributed by atoms with Gasteiger partial charge in [-0.3, -0.25) is 4.79 Å². The lowest BCUT2D eigenvalue weighted by Crippen LogP contribution is -2.28. The molecular formula is C13H23NO4. The maximum Gasteiger partial charge on any atom is 0.506 e. The van der Waals surface area contributed by atoms with Crippen LogP contribution in [0.25, 0.3) is 0 Å². The summed E-state index contributed by atoms with van der Waals surface area (Å²) in [5, 5.41) is 8.49. The van der Waals surface area contributed by atoms with Crippen LogP contribution >= 0.6 is 0 Å². The SMILES string of the molecule is CCCCCCCCN1CC(OC(=O)O)CC1=O. The first-order chi connectivity index (χ1) is 8.63. The molecule has 1 amide bonds. The van der Waals surface area contributed by atoms with Gasteiger partial charge in [-0.15, -0.1) is 0 Å². The Labute approximate surface area is 108 Å². The van der Waals surface area contributed by atoms with Gasteiger partial charge < -0.3 is 14.7 Å². The van der Waals surface area contributed by atoms with Crippen LogP contribution in [0.3, 0.4) is 0 Å². The minimum absolute atomic E-state index is 0.00908. The van der Waals surface area contributed by atoms with Crippen LogP contribution in [0.1, 0.15) is 51.9 Å². The van der Waals surface area contributed by atoms with Gasteiger partial charge in [-0.1, -0.05) is 39.0 Å². The van der Waals surface area contributed by atoms with Crippen molar-refractivity contribution in [3.05, 3.63) is 0 Å². The van der Waals surface area contributed by atoms with Crippen molar-refractivity contribution in [1.82, 2.24) is 4.90 Å². The van der Waals surface area contributed by atoms with Crippen molar-refractivity contribution in [2.45, 2.75) is 58.0 Å². The molecule has 1 saturated heterocycles. The first-order valence-electron chi connectivity index (χ1n) is 6.80. The summed E-state index contributed by atoms with van der Waals surface area (Å²) in [5.74, 6) is 0.00908. The summed E-state index contributed by atoms with van der Waals surface area (Å²) in [6, 6.07) is 0. The quantitative estimate of drug-likeness (QED) is 0.536. The number of hydrogen-bond donors (Lipinski definition) is 1. The number of ether oxygens (including phenoxy) is 1. The number of carbonyl (C=O) groups excluding carboxylic acids is 1. The Morgan fingerprint density at radius 2 is 2.00 bits per heavy atom. The van der Waals surface area contributed by atoms with Crippen molar-refractivity contribution in [3.63, 3.8) is 0 Å². The fourth-order valence-electron chi connectivity index (χ4n) is 2.26. The summed E-state index contributed by atoms with van der Waals surface area (Å²) in [6.07, 6.45) is 5.53. The average Bonchev–Trinajstić information content (AvgIpc) is 2.63. The minimum Gasteiger partial charge on any atom is -0.450 e. The molecule has 1 N–H and O–H groups in total. The maximum absolute atomic E-state index is 11.6. The van der Waals surface area contributed by atoms with E-state index in [1.165, 1.54) is 25.7 Å². The highest BCUT2D eigenvalue weighted by atomic mass is 16.7. The molecule has 0 aliphatic carbocycles. The number of nitrogens with zero attached hydrogens (tertiary/aromatic N) is 1. The molecule has 0 aromatic heterocycles. The predicted molar refractivity (Wildman–Crippen MR) is 67.5 cm³/mol. The second kappa shape index (κ2) is 7.95. The molecule has 1 rings (SSSR count). The number of carboxylic acid groups (broad SMARTS) is 1. The molecule has 5 nitrogen and oxygen atoms in total. The van der Waals surface area contributed by atoms with E-state index in [1.807, 2.05) is 0 Å². The van der Waals surface area contributed by atoms with Crippen LogP contribution in [0.2, 0.25) is 0 Å². The molecule has 1 atom stereocenters. The third kappa shape index (κ3) is 5.38. The van der Waals surface area contributed by atoms with E-state index in [1.54, 1.807) is 4.90 Å². The van der Waals surface area contributed by atoms with Crippen molar-refractivity contribution >= 4 is 12.1 Å². The third-order valence-electron chi connectivity index (χ3n) is 3.23. The maximum atomic E-state index is 11.6. The van der Waals surface area contributed by atoms with Crippen LogP contribution in [0.15, 0.2) is 0 Å². The molecule has 0 spiro atoms. The van der Waals surface area contributed by atoms with Gasteiger partial charge in [-0.25, -0.2) is 4.79 Å². The van der Waals surface area contributed by atoms with Gasteiger partial charge in [0.05, 0.1) is 13.0 Å². The Kier molecular flexibility index (Phi) is 6.54. The molecule has 0 saturated carbocycles. The van der Waals surface area contributed by atoms with E-state index >= 15 is 0 Å². The molecule has 1 aliphatic rings. The molecule has 0 aromatic rings. The van der Waals surface area contributed by atoms with Crippen LogP contribution < -0.4 is 0 Å². The number of unbranched alkanes of at least 4 members (excludes halogenated alkanes) is 5. The molecule has 18 heavy (non-hydrogen) atoms. The summed E-state index contributed by atoms with van der Waals surface area (Å²) < 4.78 is 4.63. The molecular weight excluding hydrogens is 234 g/mol. The predicted octanol–water partition coefficient (Wildman–Crippen LogP) is 2.64. The van der Waals surface area contributed by atoms with E-state index in [4.69, 9.17) is 5.11 Å². The molecule has 1 heterocycles. The van der Waals surface area contributed by atoms with Gasteiger partial charge in [-0.05, 0) is 6.42 Å². The van der Waals surface area contributed by atoms with Crippen LogP contribution in [-0.2, 0) is 9.53 Å². The summed E-state index contributed by atoms with van der Waals surface area (Å²) in [4.78, 5) is 23.7.